The van der Waals surface area contributed by atoms with E-state index >= 15 is 0 Å². The number of nitrogens with zero attached hydrogens (tertiary/aromatic N) is 1. The van der Waals surface area contributed by atoms with Crippen LogP contribution in [0.15, 0.2) is 60.2 Å². The van der Waals surface area contributed by atoms with Gasteiger partial charge in [0.2, 0.25) is 0 Å². The van der Waals surface area contributed by atoms with Crippen molar-refractivity contribution in [2.75, 3.05) is 11.9 Å². The van der Waals surface area contributed by atoms with E-state index in [4.69, 9.17) is 32.7 Å². The van der Waals surface area contributed by atoms with Crippen molar-refractivity contribution in [1.29, 1.82) is 5.26 Å². The van der Waals surface area contributed by atoms with E-state index in [2.05, 4.69) is 27.9 Å². The molecule has 0 radical (unpaired) electrons. The molecule has 0 saturated carbocycles. The van der Waals surface area contributed by atoms with Crippen LogP contribution in [0.3, 0.4) is 0 Å². The molecule has 3 aromatic rings. The number of ether oxygens (including phenoxy) is 2. The predicted octanol–water partition coefficient (Wildman–Crippen LogP) is 7.43. The van der Waals surface area contributed by atoms with Gasteiger partial charge in [-0.1, -0.05) is 41.4 Å². The van der Waals surface area contributed by atoms with Crippen molar-refractivity contribution in [3.8, 4) is 17.6 Å². The molecule has 0 unspecified atom stereocenters. The summed E-state index contributed by atoms with van der Waals surface area (Å²) < 4.78 is 12.6. The van der Waals surface area contributed by atoms with Gasteiger partial charge in [-0.25, -0.2) is 0 Å². The second-order valence-electron chi connectivity index (χ2n) is 7.26. The standard InChI is InChI=1S/C26H21Cl2IN2O3/c1-3-33-24-12-18(11-22(29)25(24)34-15-17-5-4-6-20(27)10-17)9-19(14-30)26(32)31-23-13-21(28)8-7-16(23)2/h4-13H,3,15H2,1-2H3,(H,31,32)/b19-9+. The molecule has 0 bridgehead atoms. The maximum Gasteiger partial charge on any atom is 0.266 e. The van der Waals surface area contributed by atoms with E-state index in [9.17, 15) is 10.1 Å². The van der Waals surface area contributed by atoms with E-state index in [1.54, 1.807) is 30.3 Å². The molecule has 1 N–H and O–H groups in total. The summed E-state index contributed by atoms with van der Waals surface area (Å²) in [5.74, 6) is 0.574. The molecule has 0 fully saturated rings. The van der Waals surface area contributed by atoms with Crippen LogP contribution in [0.2, 0.25) is 10.0 Å². The van der Waals surface area contributed by atoms with Gasteiger partial charge in [-0.3, -0.25) is 4.79 Å². The number of hydrogen-bond donors (Lipinski definition) is 1. The van der Waals surface area contributed by atoms with Crippen LogP contribution in [0.25, 0.3) is 6.08 Å². The van der Waals surface area contributed by atoms with Gasteiger partial charge in [-0.15, -0.1) is 0 Å². The summed E-state index contributed by atoms with van der Waals surface area (Å²) in [6.45, 7) is 4.46. The summed E-state index contributed by atoms with van der Waals surface area (Å²) in [5.41, 5.74) is 2.90. The predicted molar refractivity (Wildman–Crippen MR) is 145 cm³/mol. The molecule has 8 heteroatoms. The second-order valence-corrected chi connectivity index (χ2v) is 9.30. The van der Waals surface area contributed by atoms with Gasteiger partial charge in [-0.2, -0.15) is 5.26 Å². The molecule has 0 aliphatic heterocycles. The fourth-order valence-corrected chi connectivity index (χ4v) is 4.26. The third-order valence-corrected chi connectivity index (χ3v) is 6.00. The number of rotatable bonds is 8. The molecule has 0 aliphatic rings. The second kappa shape index (κ2) is 12.1. The highest BCUT2D eigenvalue weighted by Gasteiger charge is 2.15. The van der Waals surface area contributed by atoms with Gasteiger partial charge in [0.05, 0.1) is 10.2 Å². The van der Waals surface area contributed by atoms with Crippen LogP contribution in [0.1, 0.15) is 23.6 Å². The van der Waals surface area contributed by atoms with Crippen LogP contribution in [-0.2, 0) is 11.4 Å². The summed E-state index contributed by atoms with van der Waals surface area (Å²) in [7, 11) is 0. The summed E-state index contributed by atoms with van der Waals surface area (Å²) in [5, 5.41) is 13.5. The molecule has 3 aromatic carbocycles. The monoisotopic (exact) mass is 606 g/mol. The Bertz CT molecular complexity index is 1290. The Morgan fingerprint density at radius 3 is 2.59 bits per heavy atom. The molecule has 3 rings (SSSR count). The Labute approximate surface area is 222 Å². The number of carbonyl (C=O) groups is 1. The summed E-state index contributed by atoms with van der Waals surface area (Å²) in [6, 6.07) is 18.2. The first-order chi connectivity index (χ1) is 16.3. The minimum atomic E-state index is -0.526. The Hall–Kier alpha value is -2.73. The summed E-state index contributed by atoms with van der Waals surface area (Å²) in [6.07, 6.45) is 1.51. The van der Waals surface area contributed by atoms with Gasteiger partial charge < -0.3 is 14.8 Å². The number of benzene rings is 3. The van der Waals surface area contributed by atoms with E-state index in [1.165, 1.54) is 6.08 Å². The number of carbonyl (C=O) groups excluding carboxylic acids is 1. The minimum Gasteiger partial charge on any atom is -0.490 e. The third-order valence-electron chi connectivity index (χ3n) is 4.73. The van der Waals surface area contributed by atoms with Crippen molar-refractivity contribution in [1.82, 2.24) is 0 Å². The SMILES string of the molecule is CCOc1cc(/C=C(\C#N)C(=O)Nc2cc(Cl)ccc2C)cc(I)c1OCc1cccc(Cl)c1. The molecule has 0 spiro atoms. The number of anilines is 1. The van der Waals surface area contributed by atoms with Gasteiger partial charge in [0.1, 0.15) is 18.2 Å². The number of hydrogen-bond acceptors (Lipinski definition) is 4. The molecule has 0 aliphatic carbocycles. The lowest BCUT2D eigenvalue weighted by atomic mass is 10.1. The van der Waals surface area contributed by atoms with E-state index in [0.717, 1.165) is 14.7 Å². The average molecular weight is 607 g/mol. The Kier molecular flexibility index (Phi) is 9.22. The zero-order valence-electron chi connectivity index (χ0n) is 18.5. The number of halogens is 3. The molecule has 0 saturated heterocycles. The summed E-state index contributed by atoms with van der Waals surface area (Å²) >= 11 is 14.2. The van der Waals surface area contributed by atoms with Crippen molar-refractivity contribution >= 4 is 63.5 Å². The number of nitrogens with one attached hydrogen (secondary N) is 1. The maximum absolute atomic E-state index is 12.7. The minimum absolute atomic E-state index is 0.0507. The first-order valence-corrected chi connectivity index (χ1v) is 12.2. The highest BCUT2D eigenvalue weighted by Crippen LogP contribution is 2.35. The zero-order chi connectivity index (χ0) is 24.7. The van der Waals surface area contributed by atoms with Crippen LogP contribution >= 0.6 is 45.8 Å². The largest absolute Gasteiger partial charge is 0.490 e. The summed E-state index contributed by atoms with van der Waals surface area (Å²) in [4.78, 5) is 12.7. The molecule has 34 heavy (non-hydrogen) atoms. The van der Waals surface area contributed by atoms with Crippen molar-refractivity contribution in [2.24, 2.45) is 0 Å². The van der Waals surface area contributed by atoms with Crippen molar-refractivity contribution in [3.05, 3.63) is 90.5 Å². The van der Waals surface area contributed by atoms with Gasteiger partial charge in [0, 0.05) is 15.7 Å². The Balaban J connectivity index is 1.86. The third kappa shape index (κ3) is 6.89. The van der Waals surface area contributed by atoms with Crippen molar-refractivity contribution in [3.63, 3.8) is 0 Å². The van der Waals surface area contributed by atoms with Gasteiger partial charge in [-0.05, 0) is 95.6 Å². The van der Waals surface area contributed by atoms with Crippen LogP contribution in [0.5, 0.6) is 11.5 Å². The van der Waals surface area contributed by atoms with E-state index in [-0.39, 0.29) is 5.57 Å². The molecule has 5 nitrogen and oxygen atoms in total. The zero-order valence-corrected chi connectivity index (χ0v) is 22.2. The fraction of sp³-hybridized carbons (Fsp3) is 0.154. The van der Waals surface area contributed by atoms with Crippen molar-refractivity contribution < 1.29 is 14.3 Å². The van der Waals surface area contributed by atoms with E-state index < -0.39 is 5.91 Å². The number of aryl methyl sites for hydroxylation is 1. The number of nitriles is 1. The lowest BCUT2D eigenvalue weighted by Crippen LogP contribution is -2.14. The van der Waals surface area contributed by atoms with Crippen LogP contribution in [0, 0.1) is 21.8 Å². The number of amides is 1. The van der Waals surface area contributed by atoms with E-state index in [0.29, 0.717) is 46.0 Å². The lowest BCUT2D eigenvalue weighted by Gasteiger charge is -2.15. The van der Waals surface area contributed by atoms with Gasteiger partial charge in [0.25, 0.3) is 5.91 Å². The fourth-order valence-electron chi connectivity index (χ4n) is 3.09. The maximum atomic E-state index is 12.7. The molecular formula is C26H21Cl2IN2O3. The lowest BCUT2D eigenvalue weighted by molar-refractivity contribution is -0.112. The molecule has 0 aromatic heterocycles. The molecule has 0 heterocycles. The van der Waals surface area contributed by atoms with Crippen LogP contribution in [-0.4, -0.2) is 12.5 Å². The smallest absolute Gasteiger partial charge is 0.266 e. The first-order valence-electron chi connectivity index (χ1n) is 10.3. The van der Waals surface area contributed by atoms with Crippen molar-refractivity contribution in [2.45, 2.75) is 20.5 Å². The Morgan fingerprint density at radius 2 is 1.88 bits per heavy atom. The molecule has 1 amide bonds. The molecule has 0 atom stereocenters. The van der Waals surface area contributed by atoms with Crippen LogP contribution in [0.4, 0.5) is 5.69 Å². The topological polar surface area (TPSA) is 71.3 Å². The quantitative estimate of drug-likeness (QED) is 0.164. The highest BCUT2D eigenvalue weighted by atomic mass is 127. The van der Waals surface area contributed by atoms with Crippen LogP contribution < -0.4 is 14.8 Å². The molecule has 174 valence electrons. The van der Waals surface area contributed by atoms with E-state index in [1.807, 2.05) is 44.2 Å². The normalized spacial score (nSPS) is 11.0. The first kappa shape index (κ1) is 25.9. The van der Waals surface area contributed by atoms with Gasteiger partial charge in [0.15, 0.2) is 11.5 Å². The van der Waals surface area contributed by atoms with Gasteiger partial charge >= 0.3 is 0 Å². The average Bonchev–Trinajstić information content (AvgIpc) is 2.79. The Morgan fingerprint density at radius 1 is 1.12 bits per heavy atom. The highest BCUT2D eigenvalue weighted by molar-refractivity contribution is 14.1. The molecular weight excluding hydrogens is 586 g/mol.